The summed E-state index contributed by atoms with van der Waals surface area (Å²) in [4.78, 5) is 5.32. The van der Waals surface area contributed by atoms with E-state index in [2.05, 4.69) is 234 Å². The number of hydrogen-bond donors (Lipinski definition) is 0. The molecule has 0 N–H and O–H groups in total. The second kappa shape index (κ2) is 12.1. The third-order valence-corrected chi connectivity index (χ3v) is 13.8. The number of fused-ring (bicyclic) bond motifs is 8. The second-order valence-electron chi connectivity index (χ2n) is 16.3. The molecule has 4 aliphatic heterocycles. The minimum atomic E-state index is -0.552. The van der Waals surface area contributed by atoms with Crippen molar-refractivity contribution in [2.75, 3.05) is 9.71 Å². The molecule has 0 spiro atoms. The van der Waals surface area contributed by atoms with Gasteiger partial charge in [0.25, 0.3) is 0 Å². The first-order valence-electron chi connectivity index (χ1n) is 20.7. The van der Waals surface area contributed by atoms with Crippen molar-refractivity contribution in [2.45, 2.75) is 10.8 Å². The van der Waals surface area contributed by atoms with E-state index in [-0.39, 0.29) is 6.85 Å². The third kappa shape index (κ3) is 4.02. The molecular formula is C56H37BN2. The van der Waals surface area contributed by atoms with Gasteiger partial charge in [-0.25, -0.2) is 0 Å². The second-order valence-corrected chi connectivity index (χ2v) is 16.3. The van der Waals surface area contributed by atoms with Crippen LogP contribution in [-0.2, 0) is 10.8 Å². The van der Waals surface area contributed by atoms with Crippen molar-refractivity contribution in [3.05, 3.63) is 269 Å². The van der Waals surface area contributed by atoms with Gasteiger partial charge in [0.2, 0.25) is 0 Å². The summed E-state index contributed by atoms with van der Waals surface area (Å²) in [6.07, 6.45) is 0. The maximum Gasteiger partial charge on any atom is 0.333 e. The molecule has 0 unspecified atom stereocenters. The van der Waals surface area contributed by atoms with Crippen LogP contribution >= 0.6 is 0 Å². The molecule has 0 aromatic heterocycles. The van der Waals surface area contributed by atoms with Crippen LogP contribution in [0.5, 0.6) is 0 Å². The Hall–Kier alpha value is -7.36. The van der Waals surface area contributed by atoms with Crippen LogP contribution < -0.4 is 20.6 Å². The van der Waals surface area contributed by atoms with Crippen molar-refractivity contribution in [1.29, 1.82) is 0 Å². The fourth-order valence-corrected chi connectivity index (χ4v) is 11.7. The highest BCUT2D eigenvalue weighted by molar-refractivity contribution is 6.93. The Morgan fingerprint density at radius 2 is 0.712 bits per heavy atom. The van der Waals surface area contributed by atoms with Crippen LogP contribution in [0.1, 0.15) is 44.5 Å². The van der Waals surface area contributed by atoms with Gasteiger partial charge in [-0.2, -0.15) is 0 Å². The average molecular weight is 749 g/mol. The first-order valence-corrected chi connectivity index (χ1v) is 20.7. The van der Waals surface area contributed by atoms with Crippen LogP contribution in [0.3, 0.4) is 0 Å². The quantitative estimate of drug-likeness (QED) is 0.165. The molecule has 0 radical (unpaired) electrons. The molecule has 274 valence electrons. The van der Waals surface area contributed by atoms with Crippen LogP contribution in [0.2, 0.25) is 0 Å². The van der Waals surface area contributed by atoms with Crippen LogP contribution in [-0.4, -0.2) is 6.85 Å². The summed E-state index contributed by atoms with van der Waals surface area (Å²) in [6.45, 7) is -0.0822. The van der Waals surface area contributed by atoms with E-state index >= 15 is 0 Å². The average Bonchev–Trinajstić information content (AvgIpc) is 3.32. The Morgan fingerprint density at radius 3 is 1.29 bits per heavy atom. The van der Waals surface area contributed by atoms with E-state index in [1.807, 2.05) is 0 Å². The van der Waals surface area contributed by atoms with E-state index in [0.29, 0.717) is 0 Å². The lowest BCUT2D eigenvalue weighted by atomic mass is 9.41. The molecular weight excluding hydrogens is 711 g/mol. The monoisotopic (exact) mass is 748 g/mol. The van der Waals surface area contributed by atoms with Gasteiger partial charge in [-0.15, -0.1) is 0 Å². The zero-order chi connectivity index (χ0) is 38.7. The smallest absolute Gasteiger partial charge is 0.333 e. The maximum absolute atomic E-state index is 2.72. The van der Waals surface area contributed by atoms with Gasteiger partial charge < -0.3 is 9.71 Å². The van der Waals surface area contributed by atoms with Crippen LogP contribution in [0.25, 0.3) is 11.1 Å². The Morgan fingerprint density at radius 1 is 0.305 bits per heavy atom. The van der Waals surface area contributed by atoms with Crippen molar-refractivity contribution < 1.29 is 0 Å². The summed E-state index contributed by atoms with van der Waals surface area (Å²) >= 11 is 0. The zero-order valence-electron chi connectivity index (χ0n) is 32.3. The van der Waals surface area contributed by atoms with Gasteiger partial charge in [0.15, 0.2) is 0 Å². The van der Waals surface area contributed by atoms with Gasteiger partial charge in [0.1, 0.15) is 0 Å². The lowest BCUT2D eigenvalue weighted by Gasteiger charge is -2.55. The normalized spacial score (nSPS) is 15.3. The van der Waals surface area contributed by atoms with Crippen molar-refractivity contribution in [3.8, 4) is 11.1 Å². The predicted octanol–water partition coefficient (Wildman–Crippen LogP) is 11.8. The maximum atomic E-state index is 2.72. The minimum Gasteiger partial charge on any atom is -0.376 e. The summed E-state index contributed by atoms with van der Waals surface area (Å²) in [7, 11) is 0. The van der Waals surface area contributed by atoms with E-state index in [9.17, 15) is 0 Å². The lowest BCUT2D eigenvalue weighted by molar-refractivity contribution is 0.731. The summed E-state index contributed by atoms with van der Waals surface area (Å²) in [5.41, 5.74) is 20.7. The number of benzene rings is 9. The van der Waals surface area contributed by atoms with E-state index < -0.39 is 10.8 Å². The minimum absolute atomic E-state index is 0.0822. The standard InChI is InChI=1S/C56H37BN2/c1-5-20-38(21-6-1)55(39-22-7-2-8-23-39)44-30-13-15-35-49(44)58-51-37-18-28-42-43-29-17-32-46-53(43)59(57(52(42)51)48-34-19-33-47(55)54(48)58)50-36-16-14-31-45(50)56(46,40-24-9-3-10-25-40)41-26-11-4-12-27-41/h1-37H. The van der Waals surface area contributed by atoms with E-state index in [1.54, 1.807) is 0 Å². The summed E-state index contributed by atoms with van der Waals surface area (Å²) < 4.78 is 0. The third-order valence-electron chi connectivity index (χ3n) is 13.8. The van der Waals surface area contributed by atoms with Gasteiger partial charge >= 0.3 is 6.85 Å². The number of para-hydroxylation sites is 4. The Bertz CT molecular complexity index is 3050. The first-order chi connectivity index (χ1) is 29.3. The molecule has 13 rings (SSSR count). The number of rotatable bonds is 4. The molecule has 0 saturated carbocycles. The number of nitrogens with zero attached hydrogens (tertiary/aromatic N) is 2. The fraction of sp³-hybridized carbons (Fsp3) is 0.0357. The van der Waals surface area contributed by atoms with Gasteiger partial charge in [-0.05, 0) is 79.2 Å². The van der Waals surface area contributed by atoms with E-state index in [0.717, 1.165) is 0 Å². The Kier molecular flexibility index (Phi) is 6.70. The van der Waals surface area contributed by atoms with Gasteiger partial charge in [0.05, 0.1) is 16.5 Å². The van der Waals surface area contributed by atoms with Crippen molar-refractivity contribution >= 4 is 46.2 Å². The zero-order valence-corrected chi connectivity index (χ0v) is 32.3. The molecule has 0 bridgehead atoms. The molecule has 0 atom stereocenters. The van der Waals surface area contributed by atoms with Crippen molar-refractivity contribution in [1.82, 2.24) is 0 Å². The molecule has 59 heavy (non-hydrogen) atoms. The van der Waals surface area contributed by atoms with Gasteiger partial charge in [-0.3, -0.25) is 0 Å². The molecule has 2 nitrogen and oxygen atoms in total. The highest BCUT2D eigenvalue weighted by atomic mass is 15.2. The predicted molar refractivity (Wildman–Crippen MR) is 244 cm³/mol. The topological polar surface area (TPSA) is 6.48 Å². The number of anilines is 5. The first kappa shape index (κ1) is 32.7. The highest BCUT2D eigenvalue weighted by Gasteiger charge is 2.56. The summed E-state index contributed by atoms with van der Waals surface area (Å²) in [5, 5.41) is 0. The summed E-state index contributed by atoms with van der Waals surface area (Å²) in [5.74, 6) is 0. The molecule has 0 aliphatic carbocycles. The molecule has 4 aliphatic rings. The lowest BCUT2D eigenvalue weighted by Crippen LogP contribution is -2.64. The highest BCUT2D eigenvalue weighted by Crippen LogP contribution is 2.62. The Balaban J connectivity index is 1.18. The van der Waals surface area contributed by atoms with E-state index in [4.69, 9.17) is 0 Å². The molecule has 9 aromatic carbocycles. The van der Waals surface area contributed by atoms with E-state index in [1.165, 1.54) is 95.0 Å². The molecule has 0 saturated heterocycles. The number of hydrogen-bond acceptors (Lipinski definition) is 2. The van der Waals surface area contributed by atoms with Gasteiger partial charge in [-0.1, -0.05) is 206 Å². The molecule has 9 aromatic rings. The molecule has 4 heterocycles. The van der Waals surface area contributed by atoms with Crippen LogP contribution in [0, 0.1) is 0 Å². The Labute approximate surface area is 345 Å². The largest absolute Gasteiger partial charge is 0.376 e. The van der Waals surface area contributed by atoms with Crippen LogP contribution in [0.4, 0.5) is 28.4 Å². The van der Waals surface area contributed by atoms with Crippen molar-refractivity contribution in [2.24, 2.45) is 0 Å². The molecule has 0 amide bonds. The van der Waals surface area contributed by atoms with Crippen LogP contribution in [0.15, 0.2) is 224 Å². The summed E-state index contributed by atoms with van der Waals surface area (Å²) in [6, 6.07) is 84.3. The van der Waals surface area contributed by atoms with Gasteiger partial charge in [0, 0.05) is 28.3 Å². The van der Waals surface area contributed by atoms with Crippen molar-refractivity contribution in [3.63, 3.8) is 0 Å². The SMILES string of the molecule is c1ccc(C2(c3ccccc3)c3ccccc3N3B4c5cccc6c5N(c5ccccc5C6(c5ccccc5)c5ccccc5)c5cccc(c54)-c4cccc2c43)cc1. The molecule has 3 heteroatoms. The molecule has 0 fully saturated rings. The fourth-order valence-electron chi connectivity index (χ4n) is 11.7.